The van der Waals surface area contributed by atoms with Crippen LogP contribution in [0.3, 0.4) is 0 Å². The number of nitrogens with zero attached hydrogens (tertiary/aromatic N) is 1. The number of carbonyl (C=O) groups is 2. The van der Waals surface area contributed by atoms with E-state index in [1.54, 1.807) is 0 Å². The van der Waals surface area contributed by atoms with Gasteiger partial charge >= 0.3 is 5.97 Å². The minimum atomic E-state index is -4.71. The van der Waals surface area contributed by atoms with Gasteiger partial charge in [0.05, 0.1) is 33.8 Å². The molecule has 0 heterocycles. The standard InChI is InChI=1S/C71H129N2O7P/c1-7-10-13-16-19-22-25-28-30-32-33-34-35-36-37-38-39-41-42-45-48-51-54-57-60-63-70(74)72-68(67-79-81(76,77)78-66-65-73(4,5)6)69(62-59-56-53-50-47-44-27-24-21-18-15-12-9-3)80-71(75)64-61-58-55-52-49-46-43-40-31-29-26-23-20-17-14-11-8-2/h10,13,19,22,28-31,33-34,36-37,59,62,68-69H,7-9,11-12,14-18,20-21,23-27,32,35,38-58,60-61,63-67H2,1-6H3,(H-,72,74,76,77)/b13-10-,22-19-,30-28-,31-29+,34-33-,37-36-,62-59-. The molecule has 0 aromatic rings. The predicted octanol–water partition coefficient (Wildman–Crippen LogP) is 20.7. The van der Waals surface area contributed by atoms with Gasteiger partial charge in [-0.2, -0.15) is 0 Å². The molecule has 0 bridgehead atoms. The van der Waals surface area contributed by atoms with E-state index in [1.807, 2.05) is 33.3 Å². The summed E-state index contributed by atoms with van der Waals surface area (Å²) in [5, 5.41) is 3.04. The van der Waals surface area contributed by atoms with E-state index < -0.39 is 26.6 Å². The second-order valence-electron chi connectivity index (χ2n) is 23.9. The maximum Gasteiger partial charge on any atom is 0.306 e. The molecule has 0 aromatic heterocycles. The van der Waals surface area contributed by atoms with Crippen molar-refractivity contribution in [3.05, 3.63) is 85.1 Å². The first-order valence-corrected chi connectivity index (χ1v) is 35.4. The number of rotatable bonds is 61. The molecule has 0 radical (unpaired) electrons. The van der Waals surface area contributed by atoms with Gasteiger partial charge in [0, 0.05) is 12.8 Å². The summed E-state index contributed by atoms with van der Waals surface area (Å²) in [4.78, 5) is 40.1. The number of nitrogens with one attached hydrogen (secondary N) is 1. The summed E-state index contributed by atoms with van der Waals surface area (Å²) in [6.45, 7) is 6.74. The van der Waals surface area contributed by atoms with E-state index in [4.69, 9.17) is 13.8 Å². The molecule has 0 spiro atoms. The van der Waals surface area contributed by atoms with Gasteiger partial charge in [-0.3, -0.25) is 14.2 Å². The lowest BCUT2D eigenvalue weighted by atomic mass is 10.0. The third kappa shape index (κ3) is 61.6. The number of carbonyl (C=O) groups excluding carboxylic acids is 2. The fraction of sp³-hybridized carbons (Fsp3) is 0.775. The summed E-state index contributed by atoms with van der Waals surface area (Å²) in [5.74, 6) is -0.548. The molecule has 3 atom stereocenters. The largest absolute Gasteiger partial charge is 0.756 e. The Morgan fingerprint density at radius 3 is 1.20 bits per heavy atom. The fourth-order valence-corrected chi connectivity index (χ4v) is 10.3. The smallest absolute Gasteiger partial charge is 0.306 e. The predicted molar refractivity (Wildman–Crippen MR) is 348 cm³/mol. The summed E-state index contributed by atoms with van der Waals surface area (Å²) >= 11 is 0. The lowest BCUT2D eigenvalue weighted by molar-refractivity contribution is -0.870. The SMILES string of the molecule is CC/C=C\C/C=C\C/C=C\C/C=C\C/C=C\CCCCCCCCCCCC(=O)NC(COP(=O)([O-])OCC[N+](C)(C)C)C(/C=C\CCCCCCCCCCCCC)OC(=O)CCCCCCCCC/C=C/CCCCCCCC. The monoisotopic (exact) mass is 1150 g/mol. The molecule has 0 aliphatic heterocycles. The van der Waals surface area contributed by atoms with Gasteiger partial charge in [0.2, 0.25) is 5.91 Å². The third-order valence-corrected chi connectivity index (χ3v) is 15.8. The highest BCUT2D eigenvalue weighted by Gasteiger charge is 2.27. The van der Waals surface area contributed by atoms with E-state index in [2.05, 4.69) is 99.0 Å². The normalized spacial score (nSPS) is 14.1. The van der Waals surface area contributed by atoms with Crippen LogP contribution in [0.5, 0.6) is 0 Å². The van der Waals surface area contributed by atoms with E-state index in [0.717, 1.165) is 116 Å². The Kier molecular flexibility index (Phi) is 58.2. The van der Waals surface area contributed by atoms with Gasteiger partial charge in [-0.25, -0.2) is 0 Å². The van der Waals surface area contributed by atoms with Crippen LogP contribution in [0.1, 0.15) is 303 Å². The zero-order valence-electron chi connectivity index (χ0n) is 53.7. The summed E-state index contributed by atoms with van der Waals surface area (Å²) in [6.07, 6.45) is 79.8. The van der Waals surface area contributed by atoms with E-state index in [0.29, 0.717) is 17.4 Å². The molecule has 0 aliphatic carbocycles. The van der Waals surface area contributed by atoms with E-state index in [9.17, 15) is 19.0 Å². The molecule has 10 heteroatoms. The minimum Gasteiger partial charge on any atom is -0.756 e. The van der Waals surface area contributed by atoms with E-state index >= 15 is 0 Å². The zero-order chi connectivity index (χ0) is 59.3. The maximum absolute atomic E-state index is 13.6. The van der Waals surface area contributed by atoms with Crippen LogP contribution >= 0.6 is 7.82 Å². The number of quaternary nitrogens is 1. The number of hydrogen-bond donors (Lipinski definition) is 1. The Labute approximate surface area is 501 Å². The third-order valence-electron chi connectivity index (χ3n) is 14.8. The van der Waals surface area contributed by atoms with Gasteiger partial charge in [-0.15, -0.1) is 0 Å². The average Bonchev–Trinajstić information content (AvgIpc) is 3.44. The number of amides is 1. The Morgan fingerprint density at radius 2 is 0.790 bits per heavy atom. The quantitative estimate of drug-likeness (QED) is 0.0212. The molecule has 0 aliphatic rings. The van der Waals surface area contributed by atoms with Crippen LogP contribution in [0, 0.1) is 0 Å². The molecule has 0 saturated heterocycles. The molecule has 3 unspecified atom stereocenters. The summed E-state index contributed by atoms with van der Waals surface area (Å²) < 4.78 is 30.4. The van der Waals surface area contributed by atoms with Crippen molar-refractivity contribution in [2.45, 2.75) is 315 Å². The number of unbranched alkanes of at least 4 members (excludes halogenated alkanes) is 33. The molecule has 1 N–H and O–H groups in total. The van der Waals surface area contributed by atoms with Crippen LogP contribution in [0.4, 0.5) is 0 Å². The number of phosphoric ester groups is 1. The molecule has 0 saturated carbocycles. The summed E-state index contributed by atoms with van der Waals surface area (Å²) in [5.41, 5.74) is 0. The molecule has 0 aromatic carbocycles. The first-order chi connectivity index (χ1) is 39.4. The van der Waals surface area contributed by atoms with Crippen molar-refractivity contribution in [2.75, 3.05) is 40.9 Å². The van der Waals surface area contributed by atoms with Crippen molar-refractivity contribution in [3.8, 4) is 0 Å². The number of esters is 1. The summed E-state index contributed by atoms with van der Waals surface area (Å²) in [6, 6.07) is -0.898. The number of likely N-dealkylation sites (N-methyl/N-ethyl adjacent to an activating group) is 1. The Morgan fingerprint density at radius 1 is 0.444 bits per heavy atom. The van der Waals surface area contributed by atoms with Crippen LogP contribution in [0.2, 0.25) is 0 Å². The molecule has 81 heavy (non-hydrogen) atoms. The van der Waals surface area contributed by atoms with Crippen LogP contribution < -0.4 is 10.2 Å². The van der Waals surface area contributed by atoms with Gasteiger partial charge in [0.15, 0.2) is 0 Å². The van der Waals surface area contributed by atoms with Crippen LogP contribution in [0.15, 0.2) is 85.1 Å². The van der Waals surface area contributed by atoms with Crippen LogP contribution in [-0.2, 0) is 27.9 Å². The van der Waals surface area contributed by atoms with Gasteiger partial charge in [0.25, 0.3) is 7.82 Å². The lowest BCUT2D eigenvalue weighted by Gasteiger charge is -2.30. The maximum atomic E-state index is 13.6. The zero-order valence-corrected chi connectivity index (χ0v) is 54.6. The second kappa shape index (κ2) is 60.3. The number of hydrogen-bond acceptors (Lipinski definition) is 7. The molecule has 1 amide bonds. The first kappa shape index (κ1) is 78.2. The topological polar surface area (TPSA) is 114 Å². The Hall–Kier alpha value is -2.81. The highest BCUT2D eigenvalue weighted by Crippen LogP contribution is 2.38. The van der Waals surface area contributed by atoms with Gasteiger partial charge < -0.3 is 28.5 Å². The van der Waals surface area contributed by atoms with E-state index in [-0.39, 0.29) is 24.9 Å². The summed E-state index contributed by atoms with van der Waals surface area (Å²) in [7, 11) is 1.18. The minimum absolute atomic E-state index is 0.0267. The molecule has 470 valence electrons. The van der Waals surface area contributed by atoms with Crippen molar-refractivity contribution in [1.29, 1.82) is 0 Å². The number of allylic oxidation sites excluding steroid dienone is 13. The molecular weight excluding hydrogens is 1020 g/mol. The lowest BCUT2D eigenvalue weighted by Crippen LogP contribution is -2.47. The van der Waals surface area contributed by atoms with Crippen molar-refractivity contribution in [1.82, 2.24) is 5.32 Å². The Bertz CT molecular complexity index is 1660. The highest BCUT2D eigenvalue weighted by atomic mass is 31.2. The van der Waals surface area contributed by atoms with Crippen LogP contribution in [-0.4, -0.2) is 69.4 Å². The Balaban J connectivity index is 5.17. The molecule has 0 rings (SSSR count). The number of phosphoric acid groups is 1. The van der Waals surface area contributed by atoms with Crippen molar-refractivity contribution < 1.29 is 37.3 Å². The van der Waals surface area contributed by atoms with Gasteiger partial charge in [0.1, 0.15) is 19.3 Å². The number of ether oxygens (including phenoxy) is 1. The van der Waals surface area contributed by atoms with Gasteiger partial charge in [-0.1, -0.05) is 273 Å². The first-order valence-electron chi connectivity index (χ1n) is 33.9. The second-order valence-corrected chi connectivity index (χ2v) is 25.4. The van der Waals surface area contributed by atoms with Crippen molar-refractivity contribution in [2.24, 2.45) is 0 Å². The van der Waals surface area contributed by atoms with Crippen LogP contribution in [0.25, 0.3) is 0 Å². The fourth-order valence-electron chi connectivity index (χ4n) is 9.60. The van der Waals surface area contributed by atoms with Crippen molar-refractivity contribution in [3.63, 3.8) is 0 Å². The molecule has 0 fully saturated rings. The van der Waals surface area contributed by atoms with E-state index in [1.165, 1.54) is 154 Å². The molecule has 9 nitrogen and oxygen atoms in total. The van der Waals surface area contributed by atoms with Gasteiger partial charge in [-0.05, 0) is 102 Å². The van der Waals surface area contributed by atoms with Crippen molar-refractivity contribution >= 4 is 19.7 Å². The molecular formula is C71H129N2O7P. The highest BCUT2D eigenvalue weighted by molar-refractivity contribution is 7.45. The average molecular weight is 1150 g/mol.